The van der Waals surface area contributed by atoms with Gasteiger partial charge in [-0.15, -0.1) is 12.4 Å². The van der Waals surface area contributed by atoms with Gasteiger partial charge in [0.2, 0.25) is 0 Å². The molecule has 28 heavy (non-hydrogen) atoms. The van der Waals surface area contributed by atoms with Gasteiger partial charge in [-0.3, -0.25) is 9.69 Å². The van der Waals surface area contributed by atoms with E-state index in [9.17, 15) is 4.79 Å². The molecule has 0 unspecified atom stereocenters. The number of benzene rings is 2. The maximum Gasteiger partial charge on any atom is 0.308 e. The molecule has 2 aromatic rings. The zero-order chi connectivity index (χ0) is 18.6. The Morgan fingerprint density at radius 3 is 2.82 bits per heavy atom. The van der Waals surface area contributed by atoms with Crippen molar-refractivity contribution in [3.8, 4) is 17.2 Å². The molecule has 0 aromatic heterocycles. The monoisotopic (exact) mass is 403 g/mol. The Morgan fingerprint density at radius 2 is 2.00 bits per heavy atom. The van der Waals surface area contributed by atoms with Crippen LogP contribution in [0.3, 0.4) is 0 Å². The van der Waals surface area contributed by atoms with Crippen LogP contribution in [0.2, 0.25) is 0 Å². The maximum atomic E-state index is 11.2. The Hall–Kier alpha value is -2.24. The van der Waals surface area contributed by atoms with Crippen molar-refractivity contribution in [1.29, 1.82) is 0 Å². The summed E-state index contributed by atoms with van der Waals surface area (Å²) in [6.07, 6.45) is 2.34. The lowest BCUT2D eigenvalue weighted by Crippen LogP contribution is -2.44. The number of ether oxygens (including phenoxy) is 3. The molecule has 5 nitrogen and oxygen atoms in total. The number of esters is 1. The van der Waals surface area contributed by atoms with Crippen LogP contribution in [0.4, 0.5) is 0 Å². The summed E-state index contributed by atoms with van der Waals surface area (Å²) in [5.74, 6) is 2.43. The molecule has 2 atom stereocenters. The van der Waals surface area contributed by atoms with Gasteiger partial charge in [0.1, 0.15) is 18.5 Å². The summed E-state index contributed by atoms with van der Waals surface area (Å²) < 4.78 is 17.2. The van der Waals surface area contributed by atoms with E-state index in [1.807, 2.05) is 42.5 Å². The summed E-state index contributed by atoms with van der Waals surface area (Å²) in [6.45, 7) is 4.92. The van der Waals surface area contributed by atoms with E-state index in [2.05, 4.69) is 11.0 Å². The van der Waals surface area contributed by atoms with Gasteiger partial charge in [-0.05, 0) is 55.1 Å². The number of hydrogen-bond acceptors (Lipinski definition) is 5. The second-order valence-electron chi connectivity index (χ2n) is 7.26. The Kier molecular flexibility index (Phi) is 6.81. The Balaban J connectivity index is 0.00000225. The molecular weight excluding hydrogens is 378 g/mol. The molecule has 2 aromatic carbocycles. The van der Waals surface area contributed by atoms with Gasteiger partial charge in [0.25, 0.3) is 0 Å². The number of carbonyl (C=O) groups is 1. The van der Waals surface area contributed by atoms with Crippen molar-refractivity contribution >= 4 is 18.4 Å². The SMILES string of the molecule is CC(=O)Oc1cccc([C@@H]2CCCN(C[C@@H]3COc4ccccc4O3)C2)c1.Cl. The number of para-hydroxylation sites is 2. The van der Waals surface area contributed by atoms with Crippen molar-refractivity contribution in [2.24, 2.45) is 0 Å². The quantitative estimate of drug-likeness (QED) is 0.569. The second-order valence-corrected chi connectivity index (χ2v) is 7.26. The summed E-state index contributed by atoms with van der Waals surface area (Å²) >= 11 is 0. The molecule has 2 heterocycles. The van der Waals surface area contributed by atoms with E-state index in [0.717, 1.165) is 44.0 Å². The van der Waals surface area contributed by atoms with Crippen LogP contribution in [-0.2, 0) is 4.79 Å². The van der Waals surface area contributed by atoms with Gasteiger partial charge in [0, 0.05) is 20.0 Å². The van der Waals surface area contributed by atoms with Gasteiger partial charge >= 0.3 is 5.97 Å². The minimum Gasteiger partial charge on any atom is -0.486 e. The smallest absolute Gasteiger partial charge is 0.308 e. The molecule has 0 bridgehead atoms. The molecule has 4 rings (SSSR count). The average molecular weight is 404 g/mol. The van der Waals surface area contributed by atoms with E-state index >= 15 is 0 Å². The standard InChI is InChI=1S/C22H25NO4.ClH/c1-16(24)26-19-8-4-6-17(12-19)18-7-5-11-23(13-18)14-20-15-25-21-9-2-3-10-22(21)27-20;/h2-4,6,8-10,12,18,20H,5,7,11,13-15H2,1H3;1H/t18-,20-;/m1./s1. The summed E-state index contributed by atoms with van der Waals surface area (Å²) in [6, 6.07) is 15.7. The van der Waals surface area contributed by atoms with E-state index in [4.69, 9.17) is 14.2 Å². The summed E-state index contributed by atoms with van der Waals surface area (Å²) in [4.78, 5) is 13.7. The van der Waals surface area contributed by atoms with Gasteiger partial charge in [0.15, 0.2) is 11.5 Å². The number of hydrogen-bond donors (Lipinski definition) is 0. The fraction of sp³-hybridized carbons (Fsp3) is 0.409. The van der Waals surface area contributed by atoms with Crippen LogP contribution in [-0.4, -0.2) is 43.2 Å². The Bertz CT molecular complexity index is 813. The third kappa shape index (κ3) is 4.97. The summed E-state index contributed by atoms with van der Waals surface area (Å²) in [7, 11) is 0. The molecule has 0 spiro atoms. The van der Waals surface area contributed by atoms with Gasteiger partial charge in [0.05, 0.1) is 0 Å². The first-order valence-corrected chi connectivity index (χ1v) is 9.56. The summed E-state index contributed by atoms with van der Waals surface area (Å²) in [5.41, 5.74) is 1.23. The van der Waals surface area contributed by atoms with Crippen LogP contribution in [0, 0.1) is 0 Å². The molecule has 6 heteroatoms. The van der Waals surface area contributed by atoms with E-state index in [1.165, 1.54) is 12.5 Å². The van der Waals surface area contributed by atoms with Gasteiger partial charge in [-0.25, -0.2) is 0 Å². The van der Waals surface area contributed by atoms with Gasteiger partial charge < -0.3 is 14.2 Å². The third-order valence-electron chi connectivity index (χ3n) is 5.13. The van der Waals surface area contributed by atoms with E-state index in [-0.39, 0.29) is 24.5 Å². The van der Waals surface area contributed by atoms with E-state index in [1.54, 1.807) is 0 Å². The van der Waals surface area contributed by atoms with Crippen LogP contribution in [0.25, 0.3) is 0 Å². The zero-order valence-corrected chi connectivity index (χ0v) is 16.8. The van der Waals surface area contributed by atoms with Crippen molar-refractivity contribution < 1.29 is 19.0 Å². The first-order valence-electron chi connectivity index (χ1n) is 9.56. The minimum absolute atomic E-state index is 0. The number of likely N-dealkylation sites (tertiary alicyclic amines) is 1. The molecular formula is C22H26ClNO4. The van der Waals surface area contributed by atoms with Crippen molar-refractivity contribution in [2.75, 3.05) is 26.2 Å². The zero-order valence-electron chi connectivity index (χ0n) is 16.0. The first kappa shape index (κ1) is 20.5. The normalized spacial score (nSPS) is 21.5. The molecule has 1 saturated heterocycles. The van der Waals surface area contributed by atoms with E-state index < -0.39 is 0 Å². The second kappa shape index (κ2) is 9.30. The molecule has 0 aliphatic carbocycles. The number of rotatable bonds is 4. The van der Waals surface area contributed by atoms with Crippen LogP contribution in [0.1, 0.15) is 31.2 Å². The number of nitrogens with zero attached hydrogens (tertiary/aromatic N) is 1. The minimum atomic E-state index is -0.285. The van der Waals surface area contributed by atoms with Crippen molar-refractivity contribution in [1.82, 2.24) is 4.90 Å². The molecule has 0 radical (unpaired) electrons. The third-order valence-corrected chi connectivity index (χ3v) is 5.13. The Morgan fingerprint density at radius 1 is 1.18 bits per heavy atom. The van der Waals surface area contributed by atoms with Crippen molar-refractivity contribution in [3.05, 3.63) is 54.1 Å². The lowest BCUT2D eigenvalue weighted by Gasteiger charge is -2.36. The van der Waals surface area contributed by atoms with Gasteiger partial charge in [-0.1, -0.05) is 24.3 Å². The average Bonchev–Trinajstić information content (AvgIpc) is 2.68. The molecule has 2 aliphatic rings. The number of fused-ring (bicyclic) bond motifs is 1. The molecule has 150 valence electrons. The van der Waals surface area contributed by atoms with E-state index in [0.29, 0.717) is 18.3 Å². The van der Waals surface area contributed by atoms with Crippen molar-refractivity contribution in [2.45, 2.75) is 31.8 Å². The lowest BCUT2D eigenvalue weighted by atomic mass is 9.90. The highest BCUT2D eigenvalue weighted by Crippen LogP contribution is 2.33. The largest absolute Gasteiger partial charge is 0.486 e. The maximum absolute atomic E-state index is 11.2. The molecule has 0 N–H and O–H groups in total. The highest BCUT2D eigenvalue weighted by Gasteiger charge is 2.27. The highest BCUT2D eigenvalue weighted by atomic mass is 35.5. The molecule has 1 fully saturated rings. The predicted octanol–water partition coefficient (Wildman–Crippen LogP) is 4.05. The predicted molar refractivity (Wildman–Crippen MR) is 110 cm³/mol. The highest BCUT2D eigenvalue weighted by molar-refractivity contribution is 5.85. The topological polar surface area (TPSA) is 48.0 Å². The molecule has 2 aliphatic heterocycles. The lowest BCUT2D eigenvalue weighted by molar-refractivity contribution is -0.131. The first-order chi connectivity index (χ1) is 13.2. The number of carbonyl (C=O) groups excluding carboxylic acids is 1. The van der Waals surface area contributed by atoms with Crippen LogP contribution in [0.5, 0.6) is 17.2 Å². The van der Waals surface area contributed by atoms with Crippen LogP contribution in [0.15, 0.2) is 48.5 Å². The Labute approximate surface area is 172 Å². The summed E-state index contributed by atoms with van der Waals surface area (Å²) in [5, 5.41) is 0. The van der Waals surface area contributed by atoms with Gasteiger partial charge in [-0.2, -0.15) is 0 Å². The molecule has 0 amide bonds. The molecule has 0 saturated carbocycles. The fourth-order valence-electron chi connectivity index (χ4n) is 3.93. The van der Waals surface area contributed by atoms with Crippen LogP contribution < -0.4 is 14.2 Å². The van der Waals surface area contributed by atoms with Crippen LogP contribution >= 0.6 is 12.4 Å². The number of piperidine rings is 1. The van der Waals surface area contributed by atoms with Crippen molar-refractivity contribution in [3.63, 3.8) is 0 Å². The fourth-order valence-corrected chi connectivity index (χ4v) is 3.93. The number of halogens is 1.